The van der Waals surface area contributed by atoms with E-state index in [1.54, 1.807) is 12.1 Å². The molecule has 4 rings (SSSR count). The molecule has 0 saturated carbocycles. The van der Waals surface area contributed by atoms with Gasteiger partial charge in [-0.25, -0.2) is 4.98 Å². The van der Waals surface area contributed by atoms with Gasteiger partial charge in [-0.05, 0) is 23.6 Å². The van der Waals surface area contributed by atoms with E-state index in [2.05, 4.69) is 28.5 Å². The highest BCUT2D eigenvalue weighted by atomic mass is 32.1. The number of nitrogens with zero attached hydrogens (tertiary/aromatic N) is 1. The maximum Gasteiger partial charge on any atom is 0.257 e. The molecular formula is C18H12N2OS. The largest absolute Gasteiger partial charge is 0.298 e. The van der Waals surface area contributed by atoms with Crippen LogP contribution in [0.2, 0.25) is 0 Å². The summed E-state index contributed by atoms with van der Waals surface area (Å²) in [7, 11) is 0. The third-order valence-corrected chi connectivity index (χ3v) is 4.56. The van der Waals surface area contributed by atoms with Crippen molar-refractivity contribution >= 4 is 43.4 Å². The molecule has 0 aliphatic heterocycles. The molecule has 4 aromatic rings. The second-order valence-electron chi connectivity index (χ2n) is 4.97. The fourth-order valence-corrected chi connectivity index (χ4v) is 3.46. The van der Waals surface area contributed by atoms with Crippen molar-refractivity contribution in [2.75, 3.05) is 5.32 Å². The molecule has 22 heavy (non-hydrogen) atoms. The highest BCUT2D eigenvalue weighted by Gasteiger charge is 2.11. The molecule has 0 spiro atoms. The zero-order valence-electron chi connectivity index (χ0n) is 11.6. The first-order valence-electron chi connectivity index (χ1n) is 6.96. The Labute approximate surface area is 131 Å². The first-order chi connectivity index (χ1) is 10.8. The van der Waals surface area contributed by atoms with Gasteiger partial charge in [-0.3, -0.25) is 10.1 Å². The van der Waals surface area contributed by atoms with E-state index >= 15 is 0 Å². The van der Waals surface area contributed by atoms with Gasteiger partial charge in [0.25, 0.3) is 5.91 Å². The van der Waals surface area contributed by atoms with E-state index < -0.39 is 0 Å². The Morgan fingerprint density at radius 2 is 1.68 bits per heavy atom. The van der Waals surface area contributed by atoms with E-state index in [9.17, 15) is 4.79 Å². The van der Waals surface area contributed by atoms with Gasteiger partial charge >= 0.3 is 0 Å². The SMILES string of the molecule is O=C(Nc1nc2ccc3ccccc3c2s1)c1ccccc1. The van der Waals surface area contributed by atoms with Gasteiger partial charge in [-0.1, -0.05) is 59.9 Å². The molecule has 106 valence electrons. The fourth-order valence-electron chi connectivity index (χ4n) is 2.47. The van der Waals surface area contributed by atoms with Gasteiger partial charge in [0, 0.05) is 10.9 Å². The number of rotatable bonds is 2. The van der Waals surface area contributed by atoms with Crippen LogP contribution in [0.3, 0.4) is 0 Å². The summed E-state index contributed by atoms with van der Waals surface area (Å²) in [6.45, 7) is 0. The molecule has 3 nitrogen and oxygen atoms in total. The standard InChI is InChI=1S/C18H12N2OS/c21-17(13-7-2-1-3-8-13)20-18-19-15-11-10-12-6-4-5-9-14(12)16(15)22-18/h1-11H,(H,19,20,21). The Balaban J connectivity index is 1.74. The summed E-state index contributed by atoms with van der Waals surface area (Å²) < 4.78 is 1.10. The molecule has 1 aromatic heterocycles. The van der Waals surface area contributed by atoms with Gasteiger partial charge in [-0.2, -0.15) is 0 Å². The molecule has 0 unspecified atom stereocenters. The lowest BCUT2D eigenvalue weighted by Crippen LogP contribution is -2.11. The van der Waals surface area contributed by atoms with Crippen molar-refractivity contribution in [3.05, 3.63) is 72.3 Å². The molecule has 0 atom stereocenters. The Hall–Kier alpha value is -2.72. The highest BCUT2D eigenvalue weighted by Crippen LogP contribution is 2.32. The van der Waals surface area contributed by atoms with Crippen molar-refractivity contribution in [3.63, 3.8) is 0 Å². The average molecular weight is 304 g/mol. The van der Waals surface area contributed by atoms with Crippen molar-refractivity contribution in [1.29, 1.82) is 0 Å². The van der Waals surface area contributed by atoms with Crippen LogP contribution in [-0.4, -0.2) is 10.9 Å². The van der Waals surface area contributed by atoms with E-state index in [4.69, 9.17) is 0 Å². The number of carbonyl (C=O) groups is 1. The third kappa shape index (κ3) is 2.23. The van der Waals surface area contributed by atoms with Crippen molar-refractivity contribution < 1.29 is 4.79 Å². The van der Waals surface area contributed by atoms with Gasteiger partial charge < -0.3 is 0 Å². The zero-order chi connectivity index (χ0) is 14.9. The number of benzene rings is 3. The Morgan fingerprint density at radius 3 is 2.55 bits per heavy atom. The molecule has 1 amide bonds. The topological polar surface area (TPSA) is 42.0 Å². The summed E-state index contributed by atoms with van der Waals surface area (Å²) in [4.78, 5) is 16.7. The molecule has 0 aliphatic rings. The Kier molecular flexibility index (Phi) is 3.09. The van der Waals surface area contributed by atoms with Gasteiger partial charge in [-0.15, -0.1) is 0 Å². The van der Waals surface area contributed by atoms with Gasteiger partial charge in [0.1, 0.15) is 0 Å². The summed E-state index contributed by atoms with van der Waals surface area (Å²) in [6, 6.07) is 21.4. The van der Waals surface area contributed by atoms with Crippen molar-refractivity contribution in [2.24, 2.45) is 0 Å². The minimum Gasteiger partial charge on any atom is -0.298 e. The molecule has 1 heterocycles. The van der Waals surface area contributed by atoms with Crippen molar-refractivity contribution in [2.45, 2.75) is 0 Å². The number of anilines is 1. The van der Waals surface area contributed by atoms with E-state index in [-0.39, 0.29) is 5.91 Å². The molecule has 3 aromatic carbocycles. The smallest absolute Gasteiger partial charge is 0.257 e. The minimum atomic E-state index is -0.135. The normalized spacial score (nSPS) is 10.9. The quantitative estimate of drug-likeness (QED) is 0.583. The van der Waals surface area contributed by atoms with Crippen LogP contribution in [-0.2, 0) is 0 Å². The number of carbonyl (C=O) groups excluding carboxylic acids is 1. The number of hydrogen-bond acceptors (Lipinski definition) is 3. The first-order valence-corrected chi connectivity index (χ1v) is 7.77. The summed E-state index contributed by atoms with van der Waals surface area (Å²) in [5.74, 6) is -0.135. The van der Waals surface area contributed by atoms with Crippen molar-refractivity contribution in [1.82, 2.24) is 4.98 Å². The molecule has 0 saturated heterocycles. The van der Waals surface area contributed by atoms with Crippen LogP contribution in [0.4, 0.5) is 5.13 Å². The Bertz CT molecular complexity index is 976. The number of fused-ring (bicyclic) bond motifs is 3. The van der Waals surface area contributed by atoms with E-state index in [1.807, 2.05) is 36.4 Å². The second-order valence-corrected chi connectivity index (χ2v) is 5.97. The zero-order valence-corrected chi connectivity index (χ0v) is 12.4. The summed E-state index contributed by atoms with van der Waals surface area (Å²) in [6.07, 6.45) is 0. The van der Waals surface area contributed by atoms with Crippen LogP contribution in [0.5, 0.6) is 0 Å². The predicted octanol–water partition coefficient (Wildman–Crippen LogP) is 4.70. The summed E-state index contributed by atoms with van der Waals surface area (Å²) >= 11 is 1.51. The van der Waals surface area contributed by atoms with Gasteiger partial charge in [0.15, 0.2) is 5.13 Å². The lowest BCUT2D eigenvalue weighted by molar-refractivity contribution is 0.102. The highest BCUT2D eigenvalue weighted by molar-refractivity contribution is 7.23. The summed E-state index contributed by atoms with van der Waals surface area (Å²) in [5, 5.41) is 5.85. The van der Waals surface area contributed by atoms with E-state index in [1.165, 1.54) is 16.7 Å². The predicted molar refractivity (Wildman–Crippen MR) is 91.5 cm³/mol. The van der Waals surface area contributed by atoms with E-state index in [0.29, 0.717) is 10.7 Å². The monoisotopic (exact) mass is 304 g/mol. The maximum absolute atomic E-state index is 12.2. The second kappa shape index (κ2) is 5.24. The average Bonchev–Trinajstić information content (AvgIpc) is 2.98. The molecule has 0 fully saturated rings. The molecule has 1 N–H and O–H groups in total. The number of thiazole rings is 1. The number of hydrogen-bond donors (Lipinski definition) is 1. The van der Waals surface area contributed by atoms with Crippen LogP contribution >= 0.6 is 11.3 Å². The Morgan fingerprint density at radius 1 is 0.909 bits per heavy atom. The van der Waals surface area contributed by atoms with E-state index in [0.717, 1.165) is 15.6 Å². The van der Waals surface area contributed by atoms with Crippen molar-refractivity contribution in [3.8, 4) is 0 Å². The maximum atomic E-state index is 12.2. The fraction of sp³-hybridized carbons (Fsp3) is 0. The van der Waals surface area contributed by atoms with Crippen LogP contribution in [0, 0.1) is 0 Å². The molecule has 0 aliphatic carbocycles. The number of aromatic nitrogens is 1. The molecule has 0 bridgehead atoms. The third-order valence-electron chi connectivity index (χ3n) is 3.54. The molecule has 0 radical (unpaired) electrons. The van der Waals surface area contributed by atoms with Gasteiger partial charge in [0.2, 0.25) is 0 Å². The van der Waals surface area contributed by atoms with Gasteiger partial charge in [0.05, 0.1) is 10.2 Å². The minimum absolute atomic E-state index is 0.135. The van der Waals surface area contributed by atoms with Crippen LogP contribution in [0.15, 0.2) is 66.7 Å². The van der Waals surface area contributed by atoms with Crippen LogP contribution in [0.25, 0.3) is 21.0 Å². The molecule has 4 heteroatoms. The van der Waals surface area contributed by atoms with Crippen LogP contribution in [0.1, 0.15) is 10.4 Å². The number of nitrogens with one attached hydrogen (secondary N) is 1. The number of amides is 1. The van der Waals surface area contributed by atoms with Crippen LogP contribution < -0.4 is 5.32 Å². The molecular weight excluding hydrogens is 292 g/mol. The lowest BCUT2D eigenvalue weighted by atomic mass is 10.1. The lowest BCUT2D eigenvalue weighted by Gasteiger charge is -2.00. The first kappa shape index (κ1) is 13.0. The summed E-state index contributed by atoms with van der Waals surface area (Å²) in [5.41, 5.74) is 1.54.